The van der Waals surface area contributed by atoms with Crippen molar-refractivity contribution in [2.45, 2.75) is 26.2 Å². The SMILES string of the molecule is Cc1ccc(Nc2ncnc(N3CCC(Cc4ccccc4)CC3)c2N)cc1. The molecule has 0 unspecified atom stereocenters. The summed E-state index contributed by atoms with van der Waals surface area (Å²) in [5.41, 5.74) is 10.7. The standard InChI is InChI=1S/C23H27N5/c1-17-7-9-20(10-8-17)27-22-21(24)23(26-16-25-22)28-13-11-19(12-14-28)15-18-5-3-2-4-6-18/h2-10,16,19H,11-15,24H2,1H3,(H,25,26,27). The van der Waals surface area contributed by atoms with Gasteiger partial charge in [0.2, 0.25) is 0 Å². The van der Waals surface area contributed by atoms with Crippen LogP contribution in [0.3, 0.4) is 0 Å². The minimum Gasteiger partial charge on any atom is -0.393 e. The fraction of sp³-hybridized carbons (Fsp3) is 0.304. The number of hydrogen-bond donors (Lipinski definition) is 2. The number of benzene rings is 2. The Labute approximate surface area is 166 Å². The first-order chi connectivity index (χ1) is 13.7. The van der Waals surface area contributed by atoms with Crippen LogP contribution in [0.1, 0.15) is 24.0 Å². The second-order valence-corrected chi connectivity index (χ2v) is 7.57. The zero-order valence-corrected chi connectivity index (χ0v) is 16.3. The molecule has 28 heavy (non-hydrogen) atoms. The number of nitrogens with two attached hydrogens (primary N) is 1. The van der Waals surface area contributed by atoms with E-state index in [2.05, 4.69) is 69.6 Å². The monoisotopic (exact) mass is 373 g/mol. The van der Waals surface area contributed by atoms with Gasteiger partial charge in [0.05, 0.1) is 0 Å². The van der Waals surface area contributed by atoms with Crippen molar-refractivity contribution < 1.29 is 0 Å². The van der Waals surface area contributed by atoms with E-state index in [0.29, 0.717) is 17.4 Å². The molecule has 0 amide bonds. The molecule has 5 heteroatoms. The van der Waals surface area contributed by atoms with Gasteiger partial charge in [-0.2, -0.15) is 0 Å². The number of piperidine rings is 1. The maximum Gasteiger partial charge on any atom is 0.159 e. The molecular weight excluding hydrogens is 346 g/mol. The van der Waals surface area contributed by atoms with Gasteiger partial charge in [-0.3, -0.25) is 0 Å². The highest BCUT2D eigenvalue weighted by Gasteiger charge is 2.23. The summed E-state index contributed by atoms with van der Waals surface area (Å²) in [6.45, 7) is 4.02. The van der Waals surface area contributed by atoms with Crippen LogP contribution >= 0.6 is 0 Å². The van der Waals surface area contributed by atoms with Gasteiger partial charge in [-0.1, -0.05) is 48.0 Å². The first-order valence-corrected chi connectivity index (χ1v) is 9.92. The molecule has 1 aliphatic rings. The van der Waals surface area contributed by atoms with Crippen molar-refractivity contribution in [3.63, 3.8) is 0 Å². The second kappa shape index (κ2) is 8.30. The summed E-state index contributed by atoms with van der Waals surface area (Å²) < 4.78 is 0. The summed E-state index contributed by atoms with van der Waals surface area (Å²) in [6.07, 6.45) is 5.05. The molecule has 2 heterocycles. The van der Waals surface area contributed by atoms with Gasteiger partial charge in [0.15, 0.2) is 11.6 Å². The number of nitrogen functional groups attached to an aromatic ring is 1. The number of hydrogen-bond acceptors (Lipinski definition) is 5. The minimum atomic E-state index is 0.615. The normalized spacial score (nSPS) is 14.8. The van der Waals surface area contributed by atoms with Crippen LogP contribution in [0.25, 0.3) is 0 Å². The summed E-state index contributed by atoms with van der Waals surface area (Å²) in [6, 6.07) is 19.0. The van der Waals surface area contributed by atoms with Gasteiger partial charge < -0.3 is 16.0 Å². The van der Waals surface area contributed by atoms with E-state index in [1.165, 1.54) is 11.1 Å². The Kier molecular flexibility index (Phi) is 5.42. The first kappa shape index (κ1) is 18.3. The molecular formula is C23H27N5. The Morgan fingerprint density at radius 3 is 2.43 bits per heavy atom. The number of anilines is 4. The van der Waals surface area contributed by atoms with E-state index in [-0.39, 0.29) is 0 Å². The molecule has 1 fully saturated rings. The van der Waals surface area contributed by atoms with E-state index in [4.69, 9.17) is 5.73 Å². The van der Waals surface area contributed by atoms with Crippen molar-refractivity contribution in [2.24, 2.45) is 5.92 Å². The molecule has 0 aliphatic carbocycles. The summed E-state index contributed by atoms with van der Waals surface area (Å²) in [5, 5.41) is 3.32. The second-order valence-electron chi connectivity index (χ2n) is 7.57. The lowest BCUT2D eigenvalue weighted by molar-refractivity contribution is 0.402. The molecule has 0 spiro atoms. The van der Waals surface area contributed by atoms with Crippen LogP contribution in [0.4, 0.5) is 23.0 Å². The van der Waals surface area contributed by atoms with Gasteiger partial charge in [-0.15, -0.1) is 0 Å². The fourth-order valence-corrected chi connectivity index (χ4v) is 3.81. The lowest BCUT2D eigenvalue weighted by atomic mass is 9.90. The topological polar surface area (TPSA) is 67.1 Å². The average molecular weight is 374 g/mol. The van der Waals surface area contributed by atoms with Gasteiger partial charge in [0.1, 0.15) is 12.0 Å². The number of aryl methyl sites for hydroxylation is 1. The Morgan fingerprint density at radius 2 is 1.71 bits per heavy atom. The maximum atomic E-state index is 6.42. The zero-order chi connectivity index (χ0) is 19.3. The number of nitrogens with one attached hydrogen (secondary N) is 1. The molecule has 1 aromatic heterocycles. The third-order valence-electron chi connectivity index (χ3n) is 5.46. The third-order valence-corrected chi connectivity index (χ3v) is 5.46. The molecule has 3 N–H and O–H groups in total. The molecule has 4 rings (SSSR count). The predicted octanol–water partition coefficient (Wildman–Crippen LogP) is 4.57. The highest BCUT2D eigenvalue weighted by Crippen LogP contribution is 2.32. The molecule has 0 atom stereocenters. The highest BCUT2D eigenvalue weighted by molar-refractivity contribution is 5.78. The van der Waals surface area contributed by atoms with Gasteiger partial charge in [0, 0.05) is 18.8 Å². The largest absolute Gasteiger partial charge is 0.393 e. The average Bonchev–Trinajstić information content (AvgIpc) is 2.73. The van der Waals surface area contributed by atoms with E-state index in [0.717, 1.165) is 43.9 Å². The Hall–Kier alpha value is -3.08. The highest BCUT2D eigenvalue weighted by atomic mass is 15.2. The van der Waals surface area contributed by atoms with Crippen LogP contribution in [0.2, 0.25) is 0 Å². The summed E-state index contributed by atoms with van der Waals surface area (Å²) >= 11 is 0. The van der Waals surface area contributed by atoms with Gasteiger partial charge in [0.25, 0.3) is 0 Å². The lowest BCUT2D eigenvalue weighted by Crippen LogP contribution is -2.35. The van der Waals surface area contributed by atoms with Crippen molar-refractivity contribution in [1.29, 1.82) is 0 Å². The third kappa shape index (κ3) is 4.25. The van der Waals surface area contributed by atoms with Gasteiger partial charge >= 0.3 is 0 Å². The van der Waals surface area contributed by atoms with Crippen molar-refractivity contribution >= 4 is 23.0 Å². The molecule has 0 radical (unpaired) electrons. The van der Waals surface area contributed by atoms with Gasteiger partial charge in [-0.05, 0) is 49.8 Å². The smallest absolute Gasteiger partial charge is 0.159 e. The zero-order valence-electron chi connectivity index (χ0n) is 16.3. The Bertz CT molecular complexity index is 900. The van der Waals surface area contributed by atoms with Crippen molar-refractivity contribution in [3.05, 3.63) is 72.1 Å². The summed E-state index contributed by atoms with van der Waals surface area (Å²) in [4.78, 5) is 11.1. The van der Waals surface area contributed by atoms with E-state index in [1.54, 1.807) is 6.33 Å². The molecule has 0 saturated carbocycles. The van der Waals surface area contributed by atoms with Gasteiger partial charge in [-0.25, -0.2) is 9.97 Å². The van der Waals surface area contributed by atoms with Crippen molar-refractivity contribution in [2.75, 3.05) is 29.0 Å². The molecule has 3 aromatic rings. The Balaban J connectivity index is 1.41. The minimum absolute atomic E-state index is 0.615. The quantitative estimate of drug-likeness (QED) is 0.686. The van der Waals surface area contributed by atoms with Crippen LogP contribution in [-0.2, 0) is 6.42 Å². The molecule has 2 aromatic carbocycles. The number of rotatable bonds is 5. The molecule has 144 valence electrons. The van der Waals surface area contributed by atoms with Crippen molar-refractivity contribution in [3.8, 4) is 0 Å². The fourth-order valence-electron chi connectivity index (χ4n) is 3.81. The summed E-state index contributed by atoms with van der Waals surface area (Å²) in [5.74, 6) is 2.22. The van der Waals surface area contributed by atoms with Crippen LogP contribution in [0, 0.1) is 12.8 Å². The van der Waals surface area contributed by atoms with E-state index >= 15 is 0 Å². The molecule has 1 saturated heterocycles. The van der Waals surface area contributed by atoms with E-state index in [1.807, 2.05) is 12.1 Å². The van der Waals surface area contributed by atoms with Crippen LogP contribution in [0.5, 0.6) is 0 Å². The predicted molar refractivity (Wildman–Crippen MR) is 116 cm³/mol. The Morgan fingerprint density at radius 1 is 1.00 bits per heavy atom. The molecule has 0 bridgehead atoms. The van der Waals surface area contributed by atoms with E-state index < -0.39 is 0 Å². The van der Waals surface area contributed by atoms with Crippen LogP contribution in [0.15, 0.2) is 60.9 Å². The summed E-state index contributed by atoms with van der Waals surface area (Å²) in [7, 11) is 0. The lowest BCUT2D eigenvalue weighted by Gasteiger charge is -2.33. The van der Waals surface area contributed by atoms with Crippen LogP contribution in [-0.4, -0.2) is 23.1 Å². The van der Waals surface area contributed by atoms with E-state index in [9.17, 15) is 0 Å². The van der Waals surface area contributed by atoms with Crippen LogP contribution < -0.4 is 16.0 Å². The van der Waals surface area contributed by atoms with Crippen molar-refractivity contribution in [1.82, 2.24) is 9.97 Å². The molecule has 5 nitrogen and oxygen atoms in total. The first-order valence-electron chi connectivity index (χ1n) is 9.92. The molecule has 1 aliphatic heterocycles. The number of nitrogens with zero attached hydrogens (tertiary/aromatic N) is 3. The maximum absolute atomic E-state index is 6.42. The number of aromatic nitrogens is 2.